The van der Waals surface area contributed by atoms with E-state index in [1.807, 2.05) is 18.7 Å². The molecule has 0 saturated carbocycles. The number of benzene rings is 1. The van der Waals surface area contributed by atoms with Crippen molar-refractivity contribution in [1.82, 2.24) is 9.97 Å². The number of ether oxygens (including phenoxy) is 1. The van der Waals surface area contributed by atoms with Gasteiger partial charge in [0.2, 0.25) is 5.88 Å². The summed E-state index contributed by atoms with van der Waals surface area (Å²) in [5.41, 5.74) is 3.76. The van der Waals surface area contributed by atoms with Gasteiger partial charge in [0.05, 0.1) is 34.8 Å². The fraction of sp³-hybridized carbons (Fsp3) is 0.227. The summed E-state index contributed by atoms with van der Waals surface area (Å²) in [4.78, 5) is 25.9. The Bertz CT molecular complexity index is 1170. The van der Waals surface area contributed by atoms with Crippen LogP contribution in [-0.2, 0) is 0 Å². The number of pyridine rings is 2. The van der Waals surface area contributed by atoms with Crippen molar-refractivity contribution in [3.8, 4) is 5.88 Å². The van der Waals surface area contributed by atoms with E-state index >= 15 is 0 Å². The fourth-order valence-electron chi connectivity index (χ4n) is 3.58. The second-order valence-electron chi connectivity index (χ2n) is 7.12. The Kier molecular flexibility index (Phi) is 5.07. The van der Waals surface area contributed by atoms with Gasteiger partial charge in [0.1, 0.15) is 18.3 Å². The van der Waals surface area contributed by atoms with Crippen molar-refractivity contribution in [2.45, 2.75) is 20.8 Å². The third-order valence-corrected chi connectivity index (χ3v) is 5.51. The molecule has 0 aliphatic carbocycles. The Labute approximate surface area is 178 Å². The van der Waals surface area contributed by atoms with Gasteiger partial charge in [0.25, 0.3) is 5.91 Å². The van der Waals surface area contributed by atoms with Gasteiger partial charge in [0.15, 0.2) is 0 Å². The van der Waals surface area contributed by atoms with E-state index in [2.05, 4.69) is 9.97 Å². The van der Waals surface area contributed by atoms with E-state index < -0.39 is 0 Å². The maximum atomic E-state index is 13.7. The van der Waals surface area contributed by atoms with Crippen molar-refractivity contribution in [3.63, 3.8) is 0 Å². The van der Waals surface area contributed by atoms with Crippen molar-refractivity contribution in [3.05, 3.63) is 69.8 Å². The molecular formula is C22H20ClFN4O2. The number of nitrogens with zero attached hydrogens (tertiary/aromatic N) is 4. The number of hydrogen-bond donors (Lipinski definition) is 0. The SMILES string of the molecule is COc1ccc(N2CN(c3ccc(F)cc3C)c3nc(C)c(Cl)cc3C2=O)c(C)n1. The molecule has 0 atom stereocenters. The van der Waals surface area contributed by atoms with Crippen LogP contribution in [0.2, 0.25) is 5.02 Å². The van der Waals surface area contributed by atoms with Crippen molar-refractivity contribution in [2.24, 2.45) is 0 Å². The van der Waals surface area contributed by atoms with E-state index in [1.54, 1.807) is 43.2 Å². The quantitative estimate of drug-likeness (QED) is 0.592. The minimum absolute atomic E-state index is 0.196. The Morgan fingerprint density at radius 3 is 2.40 bits per heavy atom. The zero-order valence-corrected chi connectivity index (χ0v) is 17.8. The first-order chi connectivity index (χ1) is 14.3. The smallest absolute Gasteiger partial charge is 0.263 e. The lowest BCUT2D eigenvalue weighted by atomic mass is 10.1. The van der Waals surface area contributed by atoms with Gasteiger partial charge >= 0.3 is 0 Å². The Hall–Kier alpha value is -3.19. The van der Waals surface area contributed by atoms with Crippen LogP contribution in [-0.4, -0.2) is 29.7 Å². The number of amides is 1. The zero-order valence-electron chi connectivity index (χ0n) is 17.0. The third kappa shape index (κ3) is 3.35. The maximum Gasteiger partial charge on any atom is 0.263 e. The molecule has 0 spiro atoms. The second-order valence-corrected chi connectivity index (χ2v) is 7.53. The summed E-state index contributed by atoms with van der Waals surface area (Å²) in [6.45, 7) is 5.62. The highest BCUT2D eigenvalue weighted by Crippen LogP contribution is 2.38. The van der Waals surface area contributed by atoms with Gasteiger partial charge in [-0.25, -0.2) is 14.4 Å². The number of methoxy groups -OCH3 is 1. The highest BCUT2D eigenvalue weighted by molar-refractivity contribution is 6.32. The molecule has 1 aliphatic rings. The molecule has 1 amide bonds. The molecule has 3 heterocycles. The predicted octanol–water partition coefficient (Wildman–Crippen LogP) is 4.96. The van der Waals surface area contributed by atoms with Crippen LogP contribution in [0.25, 0.3) is 0 Å². The van der Waals surface area contributed by atoms with E-state index in [-0.39, 0.29) is 18.4 Å². The Morgan fingerprint density at radius 2 is 1.73 bits per heavy atom. The number of hydrogen-bond acceptors (Lipinski definition) is 5. The van der Waals surface area contributed by atoms with Crippen molar-refractivity contribution < 1.29 is 13.9 Å². The lowest BCUT2D eigenvalue weighted by Crippen LogP contribution is -2.46. The lowest BCUT2D eigenvalue weighted by molar-refractivity contribution is 0.0982. The third-order valence-electron chi connectivity index (χ3n) is 5.13. The zero-order chi connectivity index (χ0) is 21.6. The summed E-state index contributed by atoms with van der Waals surface area (Å²) >= 11 is 6.29. The molecule has 1 aromatic carbocycles. The maximum absolute atomic E-state index is 13.7. The molecule has 0 unspecified atom stereocenters. The van der Waals surface area contributed by atoms with Crippen LogP contribution in [0.15, 0.2) is 36.4 Å². The minimum atomic E-state index is -0.322. The van der Waals surface area contributed by atoms with Crippen molar-refractivity contribution in [2.75, 3.05) is 23.6 Å². The highest BCUT2D eigenvalue weighted by Gasteiger charge is 2.34. The average Bonchev–Trinajstić information content (AvgIpc) is 2.71. The van der Waals surface area contributed by atoms with Crippen LogP contribution in [0, 0.1) is 26.6 Å². The molecule has 1 aliphatic heterocycles. The number of aromatic nitrogens is 2. The van der Waals surface area contributed by atoms with Gasteiger partial charge in [-0.2, -0.15) is 0 Å². The number of fused-ring (bicyclic) bond motifs is 1. The topological polar surface area (TPSA) is 58.6 Å². The monoisotopic (exact) mass is 426 g/mol. The molecule has 2 aromatic heterocycles. The van der Waals surface area contributed by atoms with E-state index in [0.717, 1.165) is 11.3 Å². The van der Waals surface area contributed by atoms with Crippen LogP contribution in [0.1, 0.15) is 27.3 Å². The summed E-state index contributed by atoms with van der Waals surface area (Å²) in [6, 6.07) is 9.67. The van der Waals surface area contributed by atoms with Crippen molar-refractivity contribution in [1.29, 1.82) is 0 Å². The van der Waals surface area contributed by atoms with Crippen molar-refractivity contribution >= 4 is 34.7 Å². The van der Waals surface area contributed by atoms with Crippen LogP contribution in [0.5, 0.6) is 5.88 Å². The highest BCUT2D eigenvalue weighted by atomic mass is 35.5. The number of rotatable bonds is 3. The molecule has 30 heavy (non-hydrogen) atoms. The van der Waals surface area contributed by atoms with Crippen LogP contribution in [0.3, 0.4) is 0 Å². The van der Waals surface area contributed by atoms with E-state index in [4.69, 9.17) is 16.3 Å². The van der Waals surface area contributed by atoms with Gasteiger partial charge < -0.3 is 9.64 Å². The van der Waals surface area contributed by atoms with Gasteiger partial charge in [0, 0.05) is 11.8 Å². The largest absolute Gasteiger partial charge is 0.481 e. The van der Waals surface area contributed by atoms with Gasteiger partial charge in [-0.1, -0.05) is 11.6 Å². The molecule has 0 saturated heterocycles. The fourth-order valence-corrected chi connectivity index (χ4v) is 3.73. The Morgan fingerprint density at radius 1 is 1.00 bits per heavy atom. The van der Waals surface area contributed by atoms with Crippen LogP contribution in [0.4, 0.5) is 21.6 Å². The summed E-state index contributed by atoms with van der Waals surface area (Å²) < 4.78 is 18.9. The number of halogens is 2. The summed E-state index contributed by atoms with van der Waals surface area (Å²) in [5, 5.41) is 0.407. The molecule has 6 nitrogen and oxygen atoms in total. The molecule has 4 rings (SSSR count). The normalized spacial score (nSPS) is 13.5. The second kappa shape index (κ2) is 7.57. The molecule has 0 radical (unpaired) electrons. The lowest BCUT2D eigenvalue weighted by Gasteiger charge is -2.38. The number of carbonyl (C=O) groups excluding carboxylic acids is 1. The van der Waals surface area contributed by atoms with Crippen LogP contribution >= 0.6 is 11.6 Å². The number of aryl methyl sites for hydroxylation is 3. The van der Waals surface area contributed by atoms with Crippen LogP contribution < -0.4 is 14.5 Å². The number of anilines is 3. The van der Waals surface area contributed by atoms with E-state index in [0.29, 0.717) is 39.4 Å². The van der Waals surface area contributed by atoms with E-state index in [9.17, 15) is 9.18 Å². The molecular weight excluding hydrogens is 407 g/mol. The molecule has 154 valence electrons. The number of carbonyl (C=O) groups is 1. The summed E-state index contributed by atoms with van der Waals surface area (Å²) in [5.74, 6) is 0.405. The first kappa shape index (κ1) is 20.1. The predicted molar refractivity (Wildman–Crippen MR) is 114 cm³/mol. The van der Waals surface area contributed by atoms with Gasteiger partial charge in [-0.3, -0.25) is 9.69 Å². The first-order valence-corrected chi connectivity index (χ1v) is 9.72. The minimum Gasteiger partial charge on any atom is -0.481 e. The standard InChI is InChI=1S/C22H20ClFN4O2/c1-12-9-15(24)5-6-18(12)27-11-28(19-7-8-20(30-4)25-14(19)3)22(29)16-10-17(23)13(2)26-21(16)27/h5-10H,11H2,1-4H3. The Balaban J connectivity index is 1.90. The molecule has 0 bridgehead atoms. The molecule has 0 fully saturated rings. The molecule has 8 heteroatoms. The van der Waals surface area contributed by atoms with Gasteiger partial charge in [-0.15, -0.1) is 0 Å². The van der Waals surface area contributed by atoms with Gasteiger partial charge in [-0.05, 0) is 56.7 Å². The van der Waals surface area contributed by atoms with E-state index in [1.165, 1.54) is 12.1 Å². The average molecular weight is 427 g/mol. The summed E-state index contributed by atoms with van der Waals surface area (Å²) in [7, 11) is 1.54. The molecule has 0 N–H and O–H groups in total. The first-order valence-electron chi connectivity index (χ1n) is 9.34. The summed E-state index contributed by atoms with van der Waals surface area (Å²) in [6.07, 6.45) is 0. The molecule has 3 aromatic rings.